The number of fused-ring (bicyclic) bond motifs is 5. The van der Waals surface area contributed by atoms with Gasteiger partial charge in [-0.3, -0.25) is 9.59 Å². The summed E-state index contributed by atoms with van der Waals surface area (Å²) in [5, 5.41) is 32.0. The molecule has 3 fully saturated rings. The molecule has 28 heavy (non-hydrogen) atoms. The van der Waals surface area contributed by atoms with Gasteiger partial charge in [-0.15, -0.1) is 0 Å². The lowest BCUT2D eigenvalue weighted by Crippen LogP contribution is -2.69. The molecular formula is C22H29FO5. The predicted molar refractivity (Wildman–Crippen MR) is 99.9 cm³/mol. The van der Waals surface area contributed by atoms with Crippen LogP contribution in [0.3, 0.4) is 0 Å². The first-order valence-corrected chi connectivity index (χ1v) is 10.1. The molecule has 0 radical (unpaired) electrons. The number of halogens is 1. The summed E-state index contributed by atoms with van der Waals surface area (Å²) in [6, 6.07) is 0. The Morgan fingerprint density at radius 1 is 1.32 bits per heavy atom. The molecule has 8 atom stereocenters. The van der Waals surface area contributed by atoms with Crippen molar-refractivity contribution in [2.24, 2.45) is 28.6 Å². The molecule has 0 heterocycles. The minimum Gasteiger partial charge on any atom is -0.390 e. The summed E-state index contributed by atoms with van der Waals surface area (Å²) in [6.07, 6.45) is 4.44. The van der Waals surface area contributed by atoms with Crippen LogP contribution in [0.2, 0.25) is 0 Å². The molecule has 0 amide bonds. The number of alkyl halides is 1. The maximum atomic E-state index is 16.9. The number of carbonyl (C=O) groups is 2. The molecule has 154 valence electrons. The quantitative estimate of drug-likeness (QED) is 0.667. The predicted octanol–water partition coefficient (Wildman–Crippen LogP) is 1.90. The van der Waals surface area contributed by atoms with E-state index >= 15 is 4.39 Å². The number of Topliss-reactive ketones (excluding diaryl/α,β-unsaturated/α-hetero) is 1. The second-order valence-electron chi connectivity index (χ2n) is 9.75. The highest BCUT2D eigenvalue weighted by Gasteiger charge is 2.75. The Hall–Kier alpha value is -1.37. The molecule has 4 aliphatic rings. The van der Waals surface area contributed by atoms with Gasteiger partial charge in [0.15, 0.2) is 17.2 Å². The molecule has 6 heteroatoms. The van der Waals surface area contributed by atoms with Gasteiger partial charge in [0.1, 0.15) is 12.2 Å². The van der Waals surface area contributed by atoms with Crippen molar-refractivity contribution in [1.82, 2.24) is 0 Å². The number of rotatable bonds is 2. The molecule has 6 unspecified atom stereocenters. The first-order valence-electron chi connectivity index (χ1n) is 10.1. The number of aliphatic hydroxyl groups is 3. The van der Waals surface area contributed by atoms with Crippen LogP contribution in [0.15, 0.2) is 23.8 Å². The fourth-order valence-electron chi connectivity index (χ4n) is 7.26. The van der Waals surface area contributed by atoms with Gasteiger partial charge in [-0.05, 0) is 56.6 Å². The Balaban J connectivity index is 1.84. The van der Waals surface area contributed by atoms with E-state index in [2.05, 4.69) is 0 Å². The summed E-state index contributed by atoms with van der Waals surface area (Å²) in [5.41, 5.74) is -5.17. The van der Waals surface area contributed by atoms with E-state index in [4.69, 9.17) is 0 Å². The minimum absolute atomic E-state index is 0.0676. The highest BCUT2D eigenvalue weighted by molar-refractivity contribution is 6.01. The maximum absolute atomic E-state index is 16.9. The zero-order chi connectivity index (χ0) is 20.7. The SMILES string of the molecule is CC1CC2C3CCC4=CC(=O)C=CC4(C)[C@@]3(F)C(O)CC2(C)[C@@]1(O)C(=O)CO. The summed E-state index contributed by atoms with van der Waals surface area (Å²) in [6.45, 7) is 4.48. The number of allylic oxidation sites excluding steroid dienone is 4. The first kappa shape index (κ1) is 19.9. The lowest BCUT2D eigenvalue weighted by atomic mass is 9.44. The number of ketones is 2. The van der Waals surface area contributed by atoms with Gasteiger partial charge in [-0.25, -0.2) is 4.39 Å². The van der Waals surface area contributed by atoms with E-state index in [1.807, 2.05) is 0 Å². The molecule has 3 saturated carbocycles. The van der Waals surface area contributed by atoms with Crippen molar-refractivity contribution >= 4 is 11.6 Å². The molecule has 0 aromatic heterocycles. The van der Waals surface area contributed by atoms with Crippen LogP contribution < -0.4 is 0 Å². The van der Waals surface area contributed by atoms with E-state index in [1.165, 1.54) is 12.2 Å². The van der Waals surface area contributed by atoms with E-state index in [1.54, 1.807) is 26.8 Å². The molecule has 0 saturated heterocycles. The van der Waals surface area contributed by atoms with Crippen LogP contribution in [-0.2, 0) is 9.59 Å². The molecule has 0 aliphatic heterocycles. The van der Waals surface area contributed by atoms with Gasteiger partial charge in [0.2, 0.25) is 0 Å². The number of hydrogen-bond acceptors (Lipinski definition) is 5. The molecule has 0 spiro atoms. The van der Waals surface area contributed by atoms with Crippen LogP contribution in [0.5, 0.6) is 0 Å². The van der Waals surface area contributed by atoms with E-state index in [0.717, 1.165) is 0 Å². The normalized spacial score (nSPS) is 52.5. The fraction of sp³-hybridized carbons (Fsp3) is 0.727. The van der Waals surface area contributed by atoms with Crippen molar-refractivity contribution < 1.29 is 29.3 Å². The van der Waals surface area contributed by atoms with Crippen LogP contribution in [0.25, 0.3) is 0 Å². The Morgan fingerprint density at radius 3 is 2.64 bits per heavy atom. The Labute approximate surface area is 164 Å². The van der Waals surface area contributed by atoms with Crippen LogP contribution in [-0.4, -0.2) is 50.9 Å². The molecular weight excluding hydrogens is 363 g/mol. The molecule has 0 aromatic rings. The van der Waals surface area contributed by atoms with Crippen LogP contribution in [0, 0.1) is 28.6 Å². The summed E-state index contributed by atoms with van der Waals surface area (Å²) in [7, 11) is 0. The molecule has 4 rings (SSSR count). The average molecular weight is 392 g/mol. The van der Waals surface area contributed by atoms with E-state index < -0.39 is 52.4 Å². The van der Waals surface area contributed by atoms with Gasteiger partial charge in [-0.2, -0.15) is 0 Å². The van der Waals surface area contributed by atoms with Crippen molar-refractivity contribution in [1.29, 1.82) is 0 Å². The topological polar surface area (TPSA) is 94.8 Å². The van der Waals surface area contributed by atoms with Crippen molar-refractivity contribution in [2.45, 2.75) is 63.8 Å². The van der Waals surface area contributed by atoms with Crippen LogP contribution >= 0.6 is 0 Å². The molecule has 4 aliphatic carbocycles. The van der Waals surface area contributed by atoms with E-state index in [9.17, 15) is 24.9 Å². The molecule has 0 bridgehead atoms. The van der Waals surface area contributed by atoms with Gasteiger partial charge in [0.25, 0.3) is 0 Å². The van der Waals surface area contributed by atoms with E-state index in [0.29, 0.717) is 24.8 Å². The van der Waals surface area contributed by atoms with Crippen LogP contribution in [0.4, 0.5) is 4.39 Å². The van der Waals surface area contributed by atoms with Crippen molar-refractivity contribution in [3.8, 4) is 0 Å². The third kappa shape index (κ3) is 2.01. The lowest BCUT2D eigenvalue weighted by molar-refractivity contribution is -0.219. The van der Waals surface area contributed by atoms with Gasteiger partial charge >= 0.3 is 0 Å². The maximum Gasteiger partial charge on any atom is 0.190 e. The largest absolute Gasteiger partial charge is 0.390 e. The summed E-state index contributed by atoms with van der Waals surface area (Å²) < 4.78 is 16.9. The minimum atomic E-state index is -1.98. The Morgan fingerprint density at radius 2 is 2.00 bits per heavy atom. The molecule has 0 aromatic carbocycles. The number of aliphatic hydroxyl groups excluding tert-OH is 2. The number of hydrogen-bond donors (Lipinski definition) is 3. The zero-order valence-electron chi connectivity index (χ0n) is 16.6. The van der Waals surface area contributed by atoms with Gasteiger partial charge in [-0.1, -0.05) is 25.5 Å². The highest BCUT2D eigenvalue weighted by atomic mass is 19.1. The van der Waals surface area contributed by atoms with Gasteiger partial charge < -0.3 is 15.3 Å². The molecule has 3 N–H and O–H groups in total. The van der Waals surface area contributed by atoms with Gasteiger partial charge in [0.05, 0.1) is 6.10 Å². The standard InChI is InChI=1S/C22H29FO5/c1-12-8-16-15-5-4-13-9-14(25)6-7-19(13,2)21(15,23)17(26)10-20(16,3)22(12,28)18(27)11-24/h6-7,9,12,15-17,24,26,28H,4-5,8,10-11H2,1-3H3/t12?,15?,16?,17?,19?,20?,21-,22-/m0/s1. The third-order valence-corrected chi connectivity index (χ3v) is 8.79. The smallest absolute Gasteiger partial charge is 0.190 e. The average Bonchev–Trinajstić information content (AvgIpc) is 2.84. The zero-order valence-corrected chi connectivity index (χ0v) is 16.6. The van der Waals surface area contributed by atoms with Crippen molar-refractivity contribution in [2.75, 3.05) is 6.61 Å². The fourth-order valence-corrected chi connectivity index (χ4v) is 7.26. The van der Waals surface area contributed by atoms with E-state index in [-0.39, 0.29) is 18.1 Å². The summed E-state index contributed by atoms with van der Waals surface area (Å²) in [4.78, 5) is 24.4. The second kappa shape index (κ2) is 5.83. The molecule has 5 nitrogen and oxygen atoms in total. The van der Waals surface area contributed by atoms with Crippen molar-refractivity contribution in [3.05, 3.63) is 23.8 Å². The Kier molecular flexibility index (Phi) is 4.15. The number of carbonyl (C=O) groups excluding carboxylic acids is 2. The monoisotopic (exact) mass is 392 g/mol. The van der Waals surface area contributed by atoms with Crippen molar-refractivity contribution in [3.63, 3.8) is 0 Å². The Bertz CT molecular complexity index is 805. The highest BCUT2D eigenvalue weighted by Crippen LogP contribution is 2.70. The first-order chi connectivity index (χ1) is 13.0. The van der Waals surface area contributed by atoms with Gasteiger partial charge in [0, 0.05) is 16.7 Å². The van der Waals surface area contributed by atoms with Crippen LogP contribution in [0.1, 0.15) is 46.5 Å². The third-order valence-electron chi connectivity index (χ3n) is 8.79. The summed E-state index contributed by atoms with van der Waals surface area (Å²) >= 11 is 0. The second-order valence-corrected chi connectivity index (χ2v) is 9.75. The lowest BCUT2D eigenvalue weighted by Gasteiger charge is -2.62. The summed E-state index contributed by atoms with van der Waals surface area (Å²) in [5.74, 6) is -2.12.